The van der Waals surface area contributed by atoms with E-state index in [9.17, 15) is 0 Å². The Labute approximate surface area is 93.0 Å². The third-order valence-electron chi connectivity index (χ3n) is 3.10. The van der Waals surface area contributed by atoms with Gasteiger partial charge < -0.3 is 5.73 Å². The molecule has 1 saturated carbocycles. The monoisotopic (exact) mass is 254 g/mol. The lowest BCUT2D eigenvalue weighted by atomic mass is 9.74. The van der Waals surface area contributed by atoms with Gasteiger partial charge in [0, 0.05) is 28.8 Å². The molecule has 0 spiro atoms. The normalized spacial score (nSPS) is 19.0. The van der Waals surface area contributed by atoms with Crippen LogP contribution < -0.4 is 5.73 Å². The molecule has 1 aliphatic rings. The van der Waals surface area contributed by atoms with Crippen molar-refractivity contribution < 1.29 is 0 Å². The van der Waals surface area contributed by atoms with Crippen LogP contribution in [0.4, 0.5) is 0 Å². The van der Waals surface area contributed by atoms with Gasteiger partial charge in [-0.1, -0.05) is 6.42 Å². The molecule has 2 rings (SSSR count). The molecule has 76 valence electrons. The second-order valence-corrected chi connectivity index (χ2v) is 4.85. The third kappa shape index (κ3) is 1.98. The van der Waals surface area contributed by atoms with Gasteiger partial charge in [0.15, 0.2) is 0 Å². The maximum atomic E-state index is 5.80. The Balaban J connectivity index is 2.14. The van der Waals surface area contributed by atoms with Crippen molar-refractivity contribution in [1.29, 1.82) is 0 Å². The van der Waals surface area contributed by atoms with Crippen molar-refractivity contribution in [3.63, 3.8) is 0 Å². The molecule has 0 aliphatic heterocycles. The summed E-state index contributed by atoms with van der Waals surface area (Å²) < 4.78 is 1.03. The van der Waals surface area contributed by atoms with Gasteiger partial charge in [-0.3, -0.25) is 4.98 Å². The van der Waals surface area contributed by atoms with Crippen molar-refractivity contribution in [2.24, 2.45) is 11.7 Å². The van der Waals surface area contributed by atoms with Crippen LogP contribution >= 0.6 is 15.9 Å². The number of rotatable bonds is 3. The molecule has 1 unspecified atom stereocenters. The van der Waals surface area contributed by atoms with Gasteiger partial charge in [-0.15, -0.1) is 0 Å². The predicted molar refractivity (Wildman–Crippen MR) is 61.1 cm³/mol. The second kappa shape index (κ2) is 4.41. The van der Waals surface area contributed by atoms with Gasteiger partial charge in [0.2, 0.25) is 0 Å². The number of pyridine rings is 1. The van der Waals surface area contributed by atoms with Crippen LogP contribution in [0.15, 0.2) is 22.8 Å². The highest BCUT2D eigenvalue weighted by Crippen LogP contribution is 2.38. The SMILES string of the molecule is NCC(c1ccc(Br)cn1)C1CCC1. The minimum Gasteiger partial charge on any atom is -0.330 e. The number of hydrogen-bond donors (Lipinski definition) is 1. The Bertz CT molecular complexity index is 293. The fourth-order valence-corrected chi connectivity index (χ4v) is 2.24. The molecule has 14 heavy (non-hydrogen) atoms. The summed E-state index contributed by atoms with van der Waals surface area (Å²) in [6.45, 7) is 0.722. The molecule has 1 aliphatic carbocycles. The summed E-state index contributed by atoms with van der Waals surface area (Å²) in [5, 5.41) is 0. The quantitative estimate of drug-likeness (QED) is 0.901. The molecule has 0 bridgehead atoms. The van der Waals surface area contributed by atoms with E-state index in [2.05, 4.69) is 27.0 Å². The summed E-state index contributed by atoms with van der Waals surface area (Å²) >= 11 is 3.39. The lowest BCUT2D eigenvalue weighted by Gasteiger charge is -2.32. The topological polar surface area (TPSA) is 38.9 Å². The van der Waals surface area contributed by atoms with E-state index in [0.29, 0.717) is 5.92 Å². The highest BCUT2D eigenvalue weighted by molar-refractivity contribution is 9.10. The minimum atomic E-state index is 0.469. The molecule has 0 radical (unpaired) electrons. The smallest absolute Gasteiger partial charge is 0.0450 e. The average Bonchev–Trinajstić information content (AvgIpc) is 2.13. The van der Waals surface area contributed by atoms with Crippen molar-refractivity contribution in [1.82, 2.24) is 4.98 Å². The van der Waals surface area contributed by atoms with Crippen LogP contribution in [0.25, 0.3) is 0 Å². The first-order chi connectivity index (χ1) is 6.81. The van der Waals surface area contributed by atoms with E-state index in [1.165, 1.54) is 19.3 Å². The molecule has 0 aromatic carbocycles. The number of nitrogens with two attached hydrogens (primary N) is 1. The van der Waals surface area contributed by atoms with E-state index in [-0.39, 0.29) is 0 Å². The average molecular weight is 255 g/mol. The first kappa shape index (κ1) is 10.1. The van der Waals surface area contributed by atoms with E-state index in [1.807, 2.05) is 12.3 Å². The molecule has 0 saturated heterocycles. The Hall–Kier alpha value is -0.410. The van der Waals surface area contributed by atoms with Gasteiger partial charge in [0.1, 0.15) is 0 Å². The van der Waals surface area contributed by atoms with Crippen molar-refractivity contribution in [3.8, 4) is 0 Å². The Morgan fingerprint density at radius 3 is 2.71 bits per heavy atom. The standard InChI is InChI=1S/C11H15BrN2/c12-9-4-5-11(14-7-9)10(6-13)8-2-1-3-8/h4-5,7-8,10H,1-3,6,13H2. The van der Waals surface area contributed by atoms with Crippen LogP contribution in [-0.4, -0.2) is 11.5 Å². The predicted octanol–water partition coefficient (Wildman–Crippen LogP) is 2.69. The first-order valence-corrected chi connectivity index (χ1v) is 5.92. The maximum absolute atomic E-state index is 5.80. The van der Waals surface area contributed by atoms with Gasteiger partial charge in [-0.2, -0.15) is 0 Å². The van der Waals surface area contributed by atoms with Crippen molar-refractivity contribution in [2.75, 3.05) is 6.54 Å². The summed E-state index contributed by atoms with van der Waals surface area (Å²) in [4.78, 5) is 4.43. The Kier molecular flexibility index (Phi) is 3.19. The van der Waals surface area contributed by atoms with Gasteiger partial charge in [-0.25, -0.2) is 0 Å². The summed E-state index contributed by atoms with van der Waals surface area (Å²) in [7, 11) is 0. The minimum absolute atomic E-state index is 0.469. The lowest BCUT2D eigenvalue weighted by molar-refractivity contribution is 0.261. The molecule has 3 heteroatoms. The fraction of sp³-hybridized carbons (Fsp3) is 0.545. The summed E-state index contributed by atoms with van der Waals surface area (Å²) in [6.07, 6.45) is 5.85. The van der Waals surface area contributed by atoms with Gasteiger partial charge in [-0.05, 0) is 46.8 Å². The lowest BCUT2D eigenvalue weighted by Crippen LogP contribution is -2.27. The molecule has 0 amide bonds. The number of hydrogen-bond acceptors (Lipinski definition) is 2. The summed E-state index contributed by atoms with van der Waals surface area (Å²) in [6, 6.07) is 4.13. The van der Waals surface area contributed by atoms with Gasteiger partial charge in [0.25, 0.3) is 0 Å². The largest absolute Gasteiger partial charge is 0.330 e. The van der Waals surface area contributed by atoms with E-state index in [0.717, 1.165) is 22.6 Å². The van der Waals surface area contributed by atoms with Crippen LogP contribution in [0.2, 0.25) is 0 Å². The van der Waals surface area contributed by atoms with Crippen LogP contribution in [0.5, 0.6) is 0 Å². The fourth-order valence-electron chi connectivity index (χ4n) is 2.00. The van der Waals surface area contributed by atoms with E-state index in [4.69, 9.17) is 5.73 Å². The van der Waals surface area contributed by atoms with Gasteiger partial charge >= 0.3 is 0 Å². The van der Waals surface area contributed by atoms with Crippen LogP contribution in [0.3, 0.4) is 0 Å². The van der Waals surface area contributed by atoms with E-state index in [1.54, 1.807) is 0 Å². The zero-order chi connectivity index (χ0) is 9.97. The summed E-state index contributed by atoms with van der Waals surface area (Å²) in [5.74, 6) is 1.24. The molecular weight excluding hydrogens is 240 g/mol. The van der Waals surface area contributed by atoms with Crippen LogP contribution in [-0.2, 0) is 0 Å². The van der Waals surface area contributed by atoms with E-state index >= 15 is 0 Å². The first-order valence-electron chi connectivity index (χ1n) is 5.13. The molecule has 1 heterocycles. The van der Waals surface area contributed by atoms with Crippen LogP contribution in [0.1, 0.15) is 30.9 Å². The maximum Gasteiger partial charge on any atom is 0.0450 e. The zero-order valence-corrected chi connectivity index (χ0v) is 9.70. The molecule has 1 aromatic rings. The highest BCUT2D eigenvalue weighted by atomic mass is 79.9. The molecular formula is C11H15BrN2. The number of nitrogens with zero attached hydrogens (tertiary/aromatic N) is 1. The summed E-state index contributed by atoms with van der Waals surface area (Å²) in [5.41, 5.74) is 6.95. The van der Waals surface area contributed by atoms with Gasteiger partial charge in [0.05, 0.1) is 0 Å². The van der Waals surface area contributed by atoms with Crippen LogP contribution in [0, 0.1) is 5.92 Å². The van der Waals surface area contributed by atoms with Crippen molar-refractivity contribution >= 4 is 15.9 Å². The molecule has 1 atom stereocenters. The Morgan fingerprint density at radius 2 is 2.29 bits per heavy atom. The van der Waals surface area contributed by atoms with Crippen molar-refractivity contribution in [2.45, 2.75) is 25.2 Å². The molecule has 1 fully saturated rings. The zero-order valence-electron chi connectivity index (χ0n) is 8.12. The second-order valence-electron chi connectivity index (χ2n) is 3.93. The molecule has 2 nitrogen and oxygen atoms in total. The third-order valence-corrected chi connectivity index (χ3v) is 3.57. The molecule has 1 aromatic heterocycles. The Morgan fingerprint density at radius 1 is 1.50 bits per heavy atom. The molecule has 2 N–H and O–H groups in total. The van der Waals surface area contributed by atoms with Crippen molar-refractivity contribution in [3.05, 3.63) is 28.5 Å². The highest BCUT2D eigenvalue weighted by Gasteiger charge is 2.28. The van der Waals surface area contributed by atoms with E-state index < -0.39 is 0 Å². The number of aromatic nitrogens is 1. The number of halogens is 1.